The fraction of sp³-hybridized carbons (Fsp3) is 0.538. The Morgan fingerprint density at radius 2 is 2.21 bits per heavy atom. The summed E-state index contributed by atoms with van der Waals surface area (Å²) in [6.45, 7) is 7.11. The summed E-state index contributed by atoms with van der Waals surface area (Å²) in [5.41, 5.74) is 6.00. The lowest BCUT2D eigenvalue weighted by Crippen LogP contribution is -2.63. The SMILES string of the molecule is CCn1cc(N)cc1C(=O)N1CCNC(=O)C1(C)C. The minimum atomic E-state index is -0.840. The second-order valence-electron chi connectivity index (χ2n) is 5.22. The first-order valence-electron chi connectivity index (χ1n) is 6.44. The summed E-state index contributed by atoms with van der Waals surface area (Å²) in [6, 6.07) is 1.66. The highest BCUT2D eigenvalue weighted by atomic mass is 16.2. The minimum absolute atomic E-state index is 0.130. The van der Waals surface area contributed by atoms with Crippen LogP contribution in [0.1, 0.15) is 31.3 Å². The van der Waals surface area contributed by atoms with E-state index in [1.807, 2.05) is 6.92 Å². The molecular weight excluding hydrogens is 244 g/mol. The van der Waals surface area contributed by atoms with Crippen molar-refractivity contribution in [3.05, 3.63) is 18.0 Å². The van der Waals surface area contributed by atoms with Crippen molar-refractivity contribution in [2.75, 3.05) is 18.8 Å². The molecule has 0 aromatic carbocycles. The first-order valence-corrected chi connectivity index (χ1v) is 6.44. The molecule has 3 N–H and O–H groups in total. The summed E-state index contributed by atoms with van der Waals surface area (Å²) >= 11 is 0. The van der Waals surface area contributed by atoms with Gasteiger partial charge in [-0.25, -0.2) is 0 Å². The fourth-order valence-corrected chi connectivity index (χ4v) is 2.37. The molecule has 1 fully saturated rings. The number of hydrogen-bond donors (Lipinski definition) is 2. The van der Waals surface area contributed by atoms with Gasteiger partial charge in [-0.15, -0.1) is 0 Å². The number of nitrogen functional groups attached to an aromatic ring is 1. The zero-order chi connectivity index (χ0) is 14.2. The molecule has 1 aromatic rings. The monoisotopic (exact) mass is 264 g/mol. The summed E-state index contributed by atoms with van der Waals surface area (Å²) in [5.74, 6) is -0.284. The van der Waals surface area contributed by atoms with Crippen molar-refractivity contribution in [2.24, 2.45) is 0 Å². The molecular formula is C13H20N4O2. The number of carbonyl (C=O) groups excluding carboxylic acids is 2. The number of nitrogens with one attached hydrogen (secondary N) is 1. The van der Waals surface area contributed by atoms with Crippen molar-refractivity contribution in [1.82, 2.24) is 14.8 Å². The Balaban J connectivity index is 2.35. The van der Waals surface area contributed by atoms with E-state index in [2.05, 4.69) is 5.32 Å². The second-order valence-corrected chi connectivity index (χ2v) is 5.22. The van der Waals surface area contributed by atoms with Gasteiger partial charge >= 0.3 is 0 Å². The molecule has 2 heterocycles. The molecule has 1 aliphatic heterocycles. The lowest BCUT2D eigenvalue weighted by atomic mass is 9.98. The van der Waals surface area contributed by atoms with Gasteiger partial charge < -0.3 is 20.5 Å². The van der Waals surface area contributed by atoms with Gasteiger partial charge in [-0.05, 0) is 26.8 Å². The molecule has 0 aliphatic carbocycles. The number of amides is 2. The highest BCUT2D eigenvalue weighted by molar-refractivity contribution is 5.99. The molecule has 0 spiro atoms. The van der Waals surface area contributed by atoms with E-state index >= 15 is 0 Å². The standard InChI is InChI=1S/C13H20N4O2/c1-4-16-8-9(14)7-10(16)11(18)17-6-5-15-12(19)13(17,2)3/h7-8H,4-6,14H2,1-3H3,(H,15,19). The zero-order valence-electron chi connectivity index (χ0n) is 11.6. The number of hydrogen-bond acceptors (Lipinski definition) is 3. The van der Waals surface area contributed by atoms with E-state index < -0.39 is 5.54 Å². The maximum atomic E-state index is 12.6. The lowest BCUT2D eigenvalue weighted by molar-refractivity contribution is -0.133. The van der Waals surface area contributed by atoms with Gasteiger partial charge in [0.2, 0.25) is 5.91 Å². The van der Waals surface area contributed by atoms with Crippen molar-refractivity contribution in [2.45, 2.75) is 32.9 Å². The maximum Gasteiger partial charge on any atom is 0.271 e. The molecule has 0 atom stereocenters. The van der Waals surface area contributed by atoms with Crippen LogP contribution in [0, 0.1) is 0 Å². The Morgan fingerprint density at radius 1 is 1.53 bits per heavy atom. The number of nitrogens with zero attached hydrogens (tertiary/aromatic N) is 2. The van der Waals surface area contributed by atoms with Gasteiger partial charge in [0, 0.05) is 25.8 Å². The number of piperazine rings is 1. The Hall–Kier alpha value is -1.98. The van der Waals surface area contributed by atoms with E-state index in [4.69, 9.17) is 5.73 Å². The van der Waals surface area contributed by atoms with E-state index in [9.17, 15) is 9.59 Å². The molecule has 6 nitrogen and oxygen atoms in total. The van der Waals surface area contributed by atoms with Gasteiger partial charge in [0.15, 0.2) is 0 Å². The molecule has 1 aliphatic rings. The molecule has 0 bridgehead atoms. The topological polar surface area (TPSA) is 80.4 Å². The van der Waals surface area contributed by atoms with Crippen LogP contribution < -0.4 is 11.1 Å². The largest absolute Gasteiger partial charge is 0.397 e. The van der Waals surface area contributed by atoms with Crippen LogP contribution in [0.5, 0.6) is 0 Å². The summed E-state index contributed by atoms with van der Waals surface area (Å²) in [7, 11) is 0. The van der Waals surface area contributed by atoms with E-state index in [1.165, 1.54) is 0 Å². The fourth-order valence-electron chi connectivity index (χ4n) is 2.37. The van der Waals surface area contributed by atoms with Crippen LogP contribution in [-0.4, -0.2) is 39.9 Å². The molecule has 2 amide bonds. The van der Waals surface area contributed by atoms with Gasteiger partial charge in [0.05, 0.1) is 5.69 Å². The number of nitrogens with two attached hydrogens (primary N) is 1. The van der Waals surface area contributed by atoms with Crippen LogP contribution in [0.4, 0.5) is 5.69 Å². The summed E-state index contributed by atoms with van der Waals surface area (Å²) in [5, 5.41) is 2.78. The Morgan fingerprint density at radius 3 is 2.84 bits per heavy atom. The molecule has 104 valence electrons. The minimum Gasteiger partial charge on any atom is -0.397 e. The van der Waals surface area contributed by atoms with Crippen molar-refractivity contribution < 1.29 is 9.59 Å². The predicted octanol–water partition coefficient (Wildman–Crippen LogP) is 0.441. The second kappa shape index (κ2) is 4.60. The van der Waals surface area contributed by atoms with Gasteiger partial charge in [0.1, 0.15) is 11.2 Å². The summed E-state index contributed by atoms with van der Waals surface area (Å²) in [4.78, 5) is 26.1. The first-order chi connectivity index (χ1) is 8.87. The van der Waals surface area contributed by atoms with Crippen molar-refractivity contribution in [1.29, 1.82) is 0 Å². The van der Waals surface area contributed by atoms with Crippen LogP contribution in [0.25, 0.3) is 0 Å². The molecule has 2 rings (SSSR count). The lowest BCUT2D eigenvalue weighted by Gasteiger charge is -2.41. The average Bonchev–Trinajstić information content (AvgIpc) is 2.73. The molecule has 0 unspecified atom stereocenters. The highest BCUT2D eigenvalue weighted by Crippen LogP contribution is 2.22. The Labute approximate surface area is 112 Å². The van der Waals surface area contributed by atoms with Crippen LogP contribution in [0.3, 0.4) is 0 Å². The van der Waals surface area contributed by atoms with E-state index in [1.54, 1.807) is 35.6 Å². The third-order valence-corrected chi connectivity index (χ3v) is 3.57. The van der Waals surface area contributed by atoms with Gasteiger partial charge in [0.25, 0.3) is 5.91 Å². The van der Waals surface area contributed by atoms with E-state index in [0.29, 0.717) is 31.0 Å². The van der Waals surface area contributed by atoms with Gasteiger partial charge in [-0.3, -0.25) is 9.59 Å². The molecule has 0 radical (unpaired) electrons. The van der Waals surface area contributed by atoms with Gasteiger partial charge in [-0.1, -0.05) is 0 Å². The number of rotatable bonds is 2. The normalized spacial score (nSPS) is 18.3. The van der Waals surface area contributed by atoms with Crippen molar-refractivity contribution >= 4 is 17.5 Å². The number of carbonyl (C=O) groups is 2. The average molecular weight is 264 g/mol. The molecule has 1 aromatic heterocycles. The molecule has 6 heteroatoms. The summed E-state index contributed by atoms with van der Waals surface area (Å²) in [6.07, 6.45) is 1.74. The maximum absolute atomic E-state index is 12.6. The number of anilines is 1. The van der Waals surface area contributed by atoms with E-state index in [-0.39, 0.29) is 11.8 Å². The third kappa shape index (κ3) is 2.18. The first kappa shape index (κ1) is 13.5. The van der Waals surface area contributed by atoms with Crippen LogP contribution in [0.15, 0.2) is 12.3 Å². The highest BCUT2D eigenvalue weighted by Gasteiger charge is 2.41. The smallest absolute Gasteiger partial charge is 0.271 e. The number of aromatic nitrogens is 1. The zero-order valence-corrected chi connectivity index (χ0v) is 11.6. The predicted molar refractivity (Wildman–Crippen MR) is 72.6 cm³/mol. The van der Waals surface area contributed by atoms with Crippen molar-refractivity contribution in [3.63, 3.8) is 0 Å². The quantitative estimate of drug-likeness (QED) is 0.813. The molecule has 0 saturated carbocycles. The van der Waals surface area contributed by atoms with Crippen LogP contribution in [-0.2, 0) is 11.3 Å². The Kier molecular flexibility index (Phi) is 3.26. The van der Waals surface area contributed by atoms with Crippen LogP contribution in [0.2, 0.25) is 0 Å². The summed E-state index contributed by atoms with van der Waals surface area (Å²) < 4.78 is 1.81. The molecule has 1 saturated heterocycles. The van der Waals surface area contributed by atoms with Gasteiger partial charge in [-0.2, -0.15) is 0 Å². The van der Waals surface area contributed by atoms with E-state index in [0.717, 1.165) is 0 Å². The van der Waals surface area contributed by atoms with Crippen molar-refractivity contribution in [3.8, 4) is 0 Å². The molecule has 19 heavy (non-hydrogen) atoms. The van der Waals surface area contributed by atoms with Crippen LogP contribution >= 0.6 is 0 Å². The Bertz CT molecular complexity index is 519. The number of aryl methyl sites for hydroxylation is 1. The third-order valence-electron chi connectivity index (χ3n) is 3.57.